The minimum atomic E-state index is -0.351. The molecule has 28 heavy (non-hydrogen) atoms. The van der Waals surface area contributed by atoms with E-state index < -0.39 is 0 Å². The number of benzene rings is 2. The Balaban J connectivity index is 1.77. The normalized spacial score (nSPS) is 10.4. The summed E-state index contributed by atoms with van der Waals surface area (Å²) in [7, 11) is 0. The standard InChI is InChI=1S/C22H20ClN3O2/c1-2-26(15-16-8-4-3-5-9-16)22(28)20-14-17(12-13-24-20)21(27)25-19-11-7-6-10-18(19)23/h3-14H,2,15H2,1H3,(H,25,27). The molecule has 0 saturated carbocycles. The lowest BCUT2D eigenvalue weighted by Gasteiger charge is -2.20. The zero-order valence-corrected chi connectivity index (χ0v) is 16.2. The molecule has 5 nitrogen and oxygen atoms in total. The molecule has 0 fully saturated rings. The van der Waals surface area contributed by atoms with Crippen LogP contribution < -0.4 is 5.32 Å². The van der Waals surface area contributed by atoms with E-state index in [1.54, 1.807) is 35.2 Å². The highest BCUT2D eigenvalue weighted by molar-refractivity contribution is 6.33. The Morgan fingerprint density at radius 1 is 1.04 bits per heavy atom. The van der Waals surface area contributed by atoms with Gasteiger partial charge >= 0.3 is 0 Å². The molecule has 1 heterocycles. The van der Waals surface area contributed by atoms with Crippen LogP contribution in [0.3, 0.4) is 0 Å². The molecule has 6 heteroatoms. The van der Waals surface area contributed by atoms with E-state index in [9.17, 15) is 9.59 Å². The Kier molecular flexibility index (Phi) is 6.40. The molecule has 0 unspecified atom stereocenters. The van der Waals surface area contributed by atoms with E-state index in [1.165, 1.54) is 12.3 Å². The Labute approximate surface area is 169 Å². The summed E-state index contributed by atoms with van der Waals surface area (Å²) in [6.45, 7) is 2.92. The quantitative estimate of drug-likeness (QED) is 0.663. The number of anilines is 1. The number of amides is 2. The van der Waals surface area contributed by atoms with Crippen LogP contribution in [0.2, 0.25) is 5.02 Å². The second-order valence-corrected chi connectivity index (χ2v) is 6.58. The molecule has 0 bridgehead atoms. The molecule has 0 radical (unpaired) electrons. The van der Waals surface area contributed by atoms with E-state index in [1.807, 2.05) is 37.3 Å². The maximum absolute atomic E-state index is 12.9. The molecule has 0 aliphatic rings. The fourth-order valence-electron chi connectivity index (χ4n) is 2.74. The van der Waals surface area contributed by atoms with Crippen molar-refractivity contribution in [1.29, 1.82) is 0 Å². The molecular weight excluding hydrogens is 374 g/mol. The second-order valence-electron chi connectivity index (χ2n) is 6.17. The number of nitrogens with zero attached hydrogens (tertiary/aromatic N) is 2. The summed E-state index contributed by atoms with van der Waals surface area (Å²) in [6, 6.07) is 19.8. The Hall–Kier alpha value is -3.18. The van der Waals surface area contributed by atoms with Gasteiger partial charge in [0.05, 0.1) is 10.7 Å². The smallest absolute Gasteiger partial charge is 0.272 e. The molecule has 3 rings (SSSR count). The number of carbonyl (C=O) groups excluding carboxylic acids is 2. The van der Waals surface area contributed by atoms with Crippen molar-refractivity contribution in [3.05, 3.63) is 94.8 Å². The first-order valence-electron chi connectivity index (χ1n) is 8.93. The Morgan fingerprint density at radius 2 is 1.75 bits per heavy atom. The number of halogens is 1. The number of nitrogens with one attached hydrogen (secondary N) is 1. The third-order valence-electron chi connectivity index (χ3n) is 4.25. The first-order chi connectivity index (χ1) is 13.6. The van der Waals surface area contributed by atoms with E-state index in [4.69, 9.17) is 11.6 Å². The van der Waals surface area contributed by atoms with Crippen molar-refractivity contribution in [2.75, 3.05) is 11.9 Å². The number of hydrogen-bond acceptors (Lipinski definition) is 3. The summed E-state index contributed by atoms with van der Waals surface area (Å²) in [6.07, 6.45) is 1.46. The van der Waals surface area contributed by atoms with Crippen molar-refractivity contribution in [2.45, 2.75) is 13.5 Å². The first kappa shape index (κ1) is 19.6. The van der Waals surface area contributed by atoms with Crippen molar-refractivity contribution >= 4 is 29.1 Å². The average Bonchev–Trinajstić information content (AvgIpc) is 2.74. The van der Waals surface area contributed by atoms with Crippen LogP contribution in [-0.4, -0.2) is 28.2 Å². The minimum absolute atomic E-state index is 0.223. The fraction of sp³-hybridized carbons (Fsp3) is 0.136. The lowest BCUT2D eigenvalue weighted by atomic mass is 10.1. The maximum atomic E-state index is 12.9. The van der Waals surface area contributed by atoms with Crippen molar-refractivity contribution in [3.8, 4) is 0 Å². The lowest BCUT2D eigenvalue weighted by Crippen LogP contribution is -2.31. The summed E-state index contributed by atoms with van der Waals surface area (Å²) < 4.78 is 0. The van der Waals surface area contributed by atoms with Crippen LogP contribution in [0.25, 0.3) is 0 Å². The first-order valence-corrected chi connectivity index (χ1v) is 9.31. The van der Waals surface area contributed by atoms with Gasteiger partial charge in [0.15, 0.2) is 0 Å². The SMILES string of the molecule is CCN(Cc1ccccc1)C(=O)c1cc(C(=O)Nc2ccccc2Cl)ccn1. The van der Waals surface area contributed by atoms with Gasteiger partial charge in [-0.2, -0.15) is 0 Å². The van der Waals surface area contributed by atoms with Gasteiger partial charge in [-0.1, -0.05) is 54.1 Å². The second kappa shape index (κ2) is 9.15. The van der Waals surface area contributed by atoms with Gasteiger partial charge in [0.1, 0.15) is 5.69 Å². The van der Waals surface area contributed by atoms with Crippen LogP contribution in [0.15, 0.2) is 72.9 Å². The third-order valence-corrected chi connectivity index (χ3v) is 4.58. The summed E-state index contributed by atoms with van der Waals surface area (Å²) in [4.78, 5) is 31.3. The summed E-state index contributed by atoms with van der Waals surface area (Å²) in [5, 5.41) is 3.20. The monoisotopic (exact) mass is 393 g/mol. The number of pyridine rings is 1. The van der Waals surface area contributed by atoms with Gasteiger partial charge in [0.25, 0.3) is 11.8 Å². The predicted molar refractivity (Wildman–Crippen MR) is 110 cm³/mol. The predicted octanol–water partition coefficient (Wildman–Crippen LogP) is 4.65. The average molecular weight is 394 g/mol. The van der Waals surface area contributed by atoms with Crippen LogP contribution in [-0.2, 0) is 6.54 Å². The minimum Gasteiger partial charge on any atom is -0.333 e. The Morgan fingerprint density at radius 3 is 2.46 bits per heavy atom. The van der Waals surface area contributed by atoms with Gasteiger partial charge in [0.2, 0.25) is 0 Å². The zero-order valence-electron chi connectivity index (χ0n) is 15.4. The highest BCUT2D eigenvalue weighted by Gasteiger charge is 2.18. The molecule has 0 spiro atoms. The van der Waals surface area contributed by atoms with Crippen LogP contribution >= 0.6 is 11.6 Å². The highest BCUT2D eigenvalue weighted by atomic mass is 35.5. The van der Waals surface area contributed by atoms with Gasteiger partial charge in [-0.15, -0.1) is 0 Å². The van der Waals surface area contributed by atoms with Gasteiger partial charge in [-0.3, -0.25) is 14.6 Å². The highest BCUT2D eigenvalue weighted by Crippen LogP contribution is 2.21. The third kappa shape index (κ3) is 4.75. The Bertz CT molecular complexity index is 976. The van der Waals surface area contributed by atoms with Gasteiger partial charge < -0.3 is 10.2 Å². The summed E-state index contributed by atoms with van der Waals surface area (Å²) in [5.41, 5.74) is 2.11. The van der Waals surface area contributed by atoms with Crippen molar-refractivity contribution in [3.63, 3.8) is 0 Å². The van der Waals surface area contributed by atoms with Gasteiger partial charge in [-0.25, -0.2) is 0 Å². The molecule has 0 aliphatic heterocycles. The number of rotatable bonds is 6. The topological polar surface area (TPSA) is 62.3 Å². The summed E-state index contributed by atoms with van der Waals surface area (Å²) >= 11 is 6.09. The number of para-hydroxylation sites is 1. The number of carbonyl (C=O) groups is 2. The number of hydrogen-bond donors (Lipinski definition) is 1. The molecule has 1 N–H and O–H groups in total. The van der Waals surface area contributed by atoms with Gasteiger partial charge in [-0.05, 0) is 36.8 Å². The molecule has 0 aliphatic carbocycles. The molecule has 1 aromatic heterocycles. The molecule has 3 aromatic rings. The summed E-state index contributed by atoms with van der Waals surface area (Å²) in [5.74, 6) is -0.575. The fourth-order valence-corrected chi connectivity index (χ4v) is 2.92. The number of aromatic nitrogens is 1. The van der Waals surface area contributed by atoms with Crippen LogP contribution in [0, 0.1) is 0 Å². The zero-order chi connectivity index (χ0) is 19.9. The van der Waals surface area contributed by atoms with E-state index in [0.717, 1.165) is 5.56 Å². The molecule has 2 amide bonds. The van der Waals surface area contributed by atoms with E-state index in [2.05, 4.69) is 10.3 Å². The molecule has 2 aromatic carbocycles. The lowest BCUT2D eigenvalue weighted by molar-refractivity contribution is 0.0746. The van der Waals surface area contributed by atoms with Crippen LogP contribution in [0.4, 0.5) is 5.69 Å². The van der Waals surface area contributed by atoms with Crippen molar-refractivity contribution in [1.82, 2.24) is 9.88 Å². The molecule has 0 atom stereocenters. The largest absolute Gasteiger partial charge is 0.333 e. The van der Waals surface area contributed by atoms with Gasteiger partial charge in [0, 0.05) is 24.8 Å². The van der Waals surface area contributed by atoms with Crippen LogP contribution in [0.1, 0.15) is 33.3 Å². The molecule has 0 saturated heterocycles. The van der Waals surface area contributed by atoms with E-state index >= 15 is 0 Å². The van der Waals surface area contributed by atoms with E-state index in [0.29, 0.717) is 29.4 Å². The molecular formula is C22H20ClN3O2. The molecule has 142 valence electrons. The van der Waals surface area contributed by atoms with Crippen LogP contribution in [0.5, 0.6) is 0 Å². The van der Waals surface area contributed by atoms with E-state index in [-0.39, 0.29) is 17.5 Å². The van der Waals surface area contributed by atoms with Crippen molar-refractivity contribution in [2.24, 2.45) is 0 Å². The maximum Gasteiger partial charge on any atom is 0.272 e. The van der Waals surface area contributed by atoms with Crippen molar-refractivity contribution < 1.29 is 9.59 Å².